The zero-order chi connectivity index (χ0) is 25.9. The van der Waals surface area contributed by atoms with Gasteiger partial charge in [-0.05, 0) is 25.5 Å². The number of carbonyl (C=O) groups is 2. The molecular weight excluding hydrogens is 474 g/mol. The Morgan fingerprint density at radius 2 is 2.03 bits per heavy atom. The lowest BCUT2D eigenvalue weighted by molar-refractivity contribution is -0.119. The number of rotatable bonds is 7. The largest absolute Gasteiger partial charge is 0.378 e. The fourth-order valence-electron chi connectivity index (χ4n) is 4.37. The summed E-state index contributed by atoms with van der Waals surface area (Å²) in [5, 5.41) is 18.1. The molecule has 1 aliphatic heterocycles. The van der Waals surface area contributed by atoms with Gasteiger partial charge in [0.15, 0.2) is 5.69 Å². The van der Waals surface area contributed by atoms with Crippen molar-refractivity contribution in [3.63, 3.8) is 0 Å². The number of hydrogen-bond acceptors (Lipinski definition) is 8. The van der Waals surface area contributed by atoms with Gasteiger partial charge in [0.05, 0.1) is 54.7 Å². The number of fused-ring (bicyclic) bond motifs is 1. The van der Waals surface area contributed by atoms with E-state index in [9.17, 15) is 9.59 Å². The Hall–Kier alpha value is -4.16. The zero-order valence-electron chi connectivity index (χ0n) is 21.0. The smallest absolute Gasteiger partial charge is 0.278 e. The fourth-order valence-corrected chi connectivity index (χ4v) is 4.37. The van der Waals surface area contributed by atoms with Gasteiger partial charge in [-0.15, -0.1) is 5.10 Å². The van der Waals surface area contributed by atoms with Crippen LogP contribution in [0, 0.1) is 6.92 Å². The Morgan fingerprint density at radius 3 is 2.81 bits per heavy atom. The number of aromatic nitrogens is 6. The molecule has 0 radical (unpaired) electrons. The highest BCUT2D eigenvalue weighted by Gasteiger charge is 2.23. The average Bonchev–Trinajstić information content (AvgIpc) is 3.52. The number of ether oxygens (including phenoxy) is 1. The number of aryl methyl sites for hydroxylation is 2. The third-order valence-corrected chi connectivity index (χ3v) is 6.45. The predicted molar refractivity (Wildman–Crippen MR) is 137 cm³/mol. The molecule has 1 fully saturated rings. The maximum absolute atomic E-state index is 13.1. The molecule has 0 aromatic carbocycles. The number of morpholine rings is 1. The molecule has 0 bridgehead atoms. The highest BCUT2D eigenvalue weighted by Crippen LogP contribution is 2.22. The predicted octanol–water partition coefficient (Wildman–Crippen LogP) is 2.13. The molecule has 4 aromatic rings. The Kier molecular flexibility index (Phi) is 6.93. The number of amides is 2. The first-order valence-corrected chi connectivity index (χ1v) is 12.1. The summed E-state index contributed by atoms with van der Waals surface area (Å²) in [4.78, 5) is 32.2. The highest BCUT2D eigenvalue weighted by molar-refractivity contribution is 6.08. The Morgan fingerprint density at radius 1 is 1.16 bits per heavy atom. The number of nitrogens with one attached hydrogen (secondary N) is 2. The van der Waals surface area contributed by atoms with Crippen LogP contribution in [0.25, 0.3) is 16.6 Å². The van der Waals surface area contributed by atoms with E-state index in [0.717, 1.165) is 24.1 Å². The topological polar surface area (TPSA) is 132 Å². The number of nitrogens with zero attached hydrogens (tertiary/aromatic N) is 7. The quantitative estimate of drug-likeness (QED) is 0.392. The van der Waals surface area contributed by atoms with Crippen molar-refractivity contribution in [2.45, 2.75) is 26.3 Å². The summed E-state index contributed by atoms with van der Waals surface area (Å²) in [7, 11) is 1.85. The lowest BCUT2D eigenvalue weighted by Crippen LogP contribution is -2.48. The number of carbonyl (C=O) groups excluding carboxylic acids is 2. The van der Waals surface area contributed by atoms with Gasteiger partial charge < -0.3 is 15.4 Å². The van der Waals surface area contributed by atoms with Gasteiger partial charge in [0, 0.05) is 43.2 Å². The average molecular weight is 504 g/mol. The van der Waals surface area contributed by atoms with Crippen LogP contribution in [0.5, 0.6) is 0 Å². The van der Waals surface area contributed by atoms with Crippen molar-refractivity contribution in [1.82, 2.24) is 34.5 Å². The minimum atomic E-state index is -0.420. The molecule has 4 aromatic heterocycles. The van der Waals surface area contributed by atoms with E-state index in [4.69, 9.17) is 4.74 Å². The van der Waals surface area contributed by atoms with Gasteiger partial charge in [0.2, 0.25) is 5.91 Å². The van der Waals surface area contributed by atoms with E-state index >= 15 is 0 Å². The first kappa shape index (κ1) is 24.5. The second-order valence-electron chi connectivity index (χ2n) is 9.06. The molecule has 192 valence electrons. The maximum atomic E-state index is 13.1. The van der Waals surface area contributed by atoms with Crippen molar-refractivity contribution in [1.29, 1.82) is 0 Å². The molecule has 5 heterocycles. The molecule has 12 heteroatoms. The van der Waals surface area contributed by atoms with E-state index in [1.807, 2.05) is 19.3 Å². The number of hydrogen-bond donors (Lipinski definition) is 2. The lowest BCUT2D eigenvalue weighted by atomic mass is 10.1. The van der Waals surface area contributed by atoms with E-state index < -0.39 is 5.91 Å². The second-order valence-corrected chi connectivity index (χ2v) is 9.06. The SMILES string of the molecule is CCC1COCCN1CC(=O)Nc1cnc(C)c(NC(=O)c2nnn3cc(-c4cnn(C)c4)ccc23)c1. The molecular formula is C25H29N9O3. The van der Waals surface area contributed by atoms with Crippen LogP contribution in [0.4, 0.5) is 11.4 Å². The maximum Gasteiger partial charge on any atom is 0.278 e. The van der Waals surface area contributed by atoms with Gasteiger partial charge in [0.25, 0.3) is 5.91 Å². The molecule has 1 unspecified atom stereocenters. The normalized spacial score (nSPS) is 16.1. The first-order chi connectivity index (χ1) is 17.9. The molecule has 2 N–H and O–H groups in total. The molecule has 5 rings (SSSR count). The van der Waals surface area contributed by atoms with Crippen molar-refractivity contribution in [2.24, 2.45) is 7.05 Å². The van der Waals surface area contributed by atoms with E-state index in [1.165, 1.54) is 0 Å². The summed E-state index contributed by atoms with van der Waals surface area (Å²) in [5.74, 6) is -0.561. The molecule has 1 saturated heterocycles. The summed E-state index contributed by atoms with van der Waals surface area (Å²) in [5.41, 5.74) is 4.19. The fraction of sp³-hybridized carbons (Fsp3) is 0.360. The van der Waals surface area contributed by atoms with Gasteiger partial charge in [-0.25, -0.2) is 4.52 Å². The number of pyridine rings is 2. The lowest BCUT2D eigenvalue weighted by Gasteiger charge is -2.34. The monoisotopic (exact) mass is 503 g/mol. The Bertz CT molecular complexity index is 1440. The molecule has 0 aliphatic carbocycles. The minimum Gasteiger partial charge on any atom is -0.378 e. The summed E-state index contributed by atoms with van der Waals surface area (Å²) < 4.78 is 8.80. The first-order valence-electron chi connectivity index (χ1n) is 12.1. The molecule has 1 atom stereocenters. The van der Waals surface area contributed by atoms with Crippen LogP contribution in [0.2, 0.25) is 0 Å². The Labute approximate surface area is 213 Å². The van der Waals surface area contributed by atoms with Gasteiger partial charge in [-0.2, -0.15) is 5.10 Å². The molecule has 12 nitrogen and oxygen atoms in total. The van der Waals surface area contributed by atoms with Crippen molar-refractivity contribution in [3.05, 3.63) is 54.4 Å². The Balaban J connectivity index is 1.28. The third kappa shape index (κ3) is 5.34. The van der Waals surface area contributed by atoms with E-state index in [0.29, 0.717) is 35.8 Å². The van der Waals surface area contributed by atoms with Crippen molar-refractivity contribution < 1.29 is 14.3 Å². The molecule has 37 heavy (non-hydrogen) atoms. The van der Waals surface area contributed by atoms with Crippen LogP contribution in [-0.4, -0.2) is 78.7 Å². The van der Waals surface area contributed by atoms with Crippen LogP contribution in [0.15, 0.2) is 43.0 Å². The van der Waals surface area contributed by atoms with Gasteiger partial charge in [-0.1, -0.05) is 18.2 Å². The number of anilines is 2. The summed E-state index contributed by atoms with van der Waals surface area (Å²) in [6, 6.07) is 5.62. The summed E-state index contributed by atoms with van der Waals surface area (Å²) in [6.07, 6.45) is 7.95. The molecule has 1 aliphatic rings. The van der Waals surface area contributed by atoms with Crippen LogP contribution in [0.3, 0.4) is 0 Å². The molecule has 0 saturated carbocycles. The van der Waals surface area contributed by atoms with Crippen molar-refractivity contribution in [2.75, 3.05) is 36.9 Å². The summed E-state index contributed by atoms with van der Waals surface area (Å²) >= 11 is 0. The minimum absolute atomic E-state index is 0.142. The van der Waals surface area contributed by atoms with E-state index in [-0.39, 0.29) is 24.2 Å². The van der Waals surface area contributed by atoms with E-state index in [2.05, 4.69) is 42.9 Å². The van der Waals surface area contributed by atoms with Crippen LogP contribution in [0.1, 0.15) is 29.5 Å². The van der Waals surface area contributed by atoms with Crippen LogP contribution >= 0.6 is 0 Å². The van der Waals surface area contributed by atoms with Crippen molar-refractivity contribution >= 4 is 28.7 Å². The third-order valence-electron chi connectivity index (χ3n) is 6.45. The van der Waals surface area contributed by atoms with Gasteiger partial charge in [-0.3, -0.25) is 24.2 Å². The van der Waals surface area contributed by atoms with Gasteiger partial charge in [0.1, 0.15) is 0 Å². The van der Waals surface area contributed by atoms with Crippen LogP contribution < -0.4 is 10.6 Å². The zero-order valence-corrected chi connectivity index (χ0v) is 21.0. The van der Waals surface area contributed by atoms with E-state index in [1.54, 1.807) is 46.8 Å². The van der Waals surface area contributed by atoms with Crippen molar-refractivity contribution in [3.8, 4) is 11.1 Å². The second kappa shape index (κ2) is 10.4. The summed E-state index contributed by atoms with van der Waals surface area (Å²) in [6.45, 7) is 6.11. The highest BCUT2D eigenvalue weighted by atomic mass is 16.5. The van der Waals surface area contributed by atoms with Crippen LogP contribution in [-0.2, 0) is 16.6 Å². The standard InChI is InChI=1S/C25H29N9O3/c1-4-20-15-37-8-7-33(20)14-23(35)28-19-9-21(16(2)26-11-19)29-25(36)24-22-6-5-17(13-34(22)31-30-24)18-10-27-32(3)12-18/h5-6,9-13,20H,4,7-8,14-15H2,1-3H3,(H,28,35)(H,29,36). The molecule has 0 spiro atoms. The van der Waals surface area contributed by atoms with Gasteiger partial charge >= 0.3 is 0 Å². The molecule has 2 amide bonds.